The van der Waals surface area contributed by atoms with E-state index in [2.05, 4.69) is 27.9 Å². The number of fused-ring (bicyclic) bond motifs is 1. The molecule has 200 valence electrons. The first kappa shape index (κ1) is 25.7. The molecule has 1 saturated carbocycles. The molecule has 2 fully saturated rings. The minimum atomic E-state index is -1.19. The Morgan fingerprint density at radius 2 is 2.22 bits per heavy atom. The average molecular weight is 512 g/mol. The van der Waals surface area contributed by atoms with Crippen molar-refractivity contribution in [2.45, 2.75) is 75.5 Å². The smallest absolute Gasteiger partial charge is 0.326 e. The zero-order chi connectivity index (χ0) is 25.8. The molecule has 2 aromatic rings. The number of nitrogens with zero attached hydrogens (tertiary/aromatic N) is 3. The molecule has 2 aliphatic heterocycles. The lowest BCUT2D eigenvalue weighted by molar-refractivity contribution is -0.150. The van der Waals surface area contributed by atoms with Gasteiger partial charge in [-0.25, -0.2) is 9.78 Å². The van der Waals surface area contributed by atoms with Crippen LogP contribution >= 0.6 is 0 Å². The van der Waals surface area contributed by atoms with Gasteiger partial charge in [-0.15, -0.1) is 0 Å². The highest BCUT2D eigenvalue weighted by atomic mass is 16.5. The Kier molecular flexibility index (Phi) is 7.76. The number of aromatic nitrogens is 3. The van der Waals surface area contributed by atoms with Crippen molar-refractivity contribution in [3.05, 3.63) is 41.3 Å². The van der Waals surface area contributed by atoms with Gasteiger partial charge in [0.15, 0.2) is 5.60 Å². The van der Waals surface area contributed by atoms with Gasteiger partial charge < -0.3 is 25.2 Å². The topological polar surface area (TPSA) is 128 Å². The van der Waals surface area contributed by atoms with Gasteiger partial charge in [-0.2, -0.15) is 5.10 Å². The first-order valence-corrected chi connectivity index (χ1v) is 13.4. The van der Waals surface area contributed by atoms with Crippen molar-refractivity contribution in [1.82, 2.24) is 20.1 Å². The highest BCUT2D eigenvalue weighted by Gasteiger charge is 2.46. The monoisotopic (exact) mass is 511 g/mol. The fraction of sp³-hybridized carbons (Fsp3) is 0.630. The van der Waals surface area contributed by atoms with Crippen molar-refractivity contribution in [1.29, 1.82) is 0 Å². The Balaban J connectivity index is 1.05. The number of rotatable bonds is 11. The molecule has 0 aromatic carbocycles. The van der Waals surface area contributed by atoms with E-state index < -0.39 is 23.5 Å². The number of hydrogen-bond donors (Lipinski definition) is 3. The molecule has 5 rings (SSSR count). The second-order valence-electron chi connectivity index (χ2n) is 10.5. The van der Waals surface area contributed by atoms with E-state index in [9.17, 15) is 14.7 Å². The number of carboxylic acids is 1. The summed E-state index contributed by atoms with van der Waals surface area (Å²) in [6.07, 6.45) is 11.2. The fourth-order valence-corrected chi connectivity index (χ4v) is 5.60. The zero-order valence-electron chi connectivity index (χ0n) is 21.4. The first-order valence-electron chi connectivity index (χ1n) is 13.4. The van der Waals surface area contributed by atoms with Gasteiger partial charge in [0.1, 0.15) is 11.9 Å². The predicted octanol–water partition coefficient (Wildman–Crippen LogP) is 2.57. The average Bonchev–Trinajstić information content (AvgIpc) is 3.54. The molecule has 4 heterocycles. The summed E-state index contributed by atoms with van der Waals surface area (Å²) in [5, 5.41) is 20.0. The molecule has 2 aromatic heterocycles. The van der Waals surface area contributed by atoms with E-state index in [1.165, 1.54) is 5.56 Å². The van der Waals surface area contributed by atoms with Crippen molar-refractivity contribution in [2.24, 2.45) is 13.0 Å². The van der Waals surface area contributed by atoms with Crippen molar-refractivity contribution < 1.29 is 24.2 Å². The van der Waals surface area contributed by atoms with Gasteiger partial charge >= 0.3 is 5.97 Å². The Labute approximate surface area is 217 Å². The van der Waals surface area contributed by atoms with Crippen molar-refractivity contribution in [3.63, 3.8) is 0 Å². The summed E-state index contributed by atoms with van der Waals surface area (Å²) >= 11 is 0. The summed E-state index contributed by atoms with van der Waals surface area (Å²) in [6.45, 7) is 1.73. The number of aryl methyl sites for hydroxylation is 3. The van der Waals surface area contributed by atoms with Gasteiger partial charge in [-0.3, -0.25) is 9.48 Å². The lowest BCUT2D eigenvalue weighted by atomic mass is 9.79. The molecule has 3 aliphatic rings. The highest BCUT2D eigenvalue weighted by Crippen LogP contribution is 2.37. The second kappa shape index (κ2) is 11.2. The van der Waals surface area contributed by atoms with Crippen LogP contribution in [0.3, 0.4) is 0 Å². The minimum Gasteiger partial charge on any atom is -0.480 e. The first-order chi connectivity index (χ1) is 17.9. The quantitative estimate of drug-likeness (QED) is 0.420. The molecule has 10 nitrogen and oxygen atoms in total. The number of carbonyl (C=O) groups is 2. The van der Waals surface area contributed by atoms with Gasteiger partial charge in [0, 0.05) is 50.7 Å². The Hall–Kier alpha value is -2.98. The zero-order valence-corrected chi connectivity index (χ0v) is 21.4. The van der Waals surface area contributed by atoms with Crippen LogP contribution in [0.5, 0.6) is 0 Å². The van der Waals surface area contributed by atoms with E-state index in [0.29, 0.717) is 24.5 Å². The molecule has 0 radical (unpaired) electrons. The van der Waals surface area contributed by atoms with Crippen LogP contribution in [0.25, 0.3) is 0 Å². The lowest BCUT2D eigenvalue weighted by Gasteiger charge is -2.35. The molecule has 3 N–H and O–H groups in total. The maximum Gasteiger partial charge on any atom is 0.326 e. The number of carboxylic acid groups (broad SMARTS) is 1. The second-order valence-corrected chi connectivity index (χ2v) is 10.5. The van der Waals surface area contributed by atoms with Crippen LogP contribution in [0.1, 0.15) is 61.8 Å². The Morgan fingerprint density at radius 3 is 2.95 bits per heavy atom. The van der Waals surface area contributed by atoms with E-state index in [-0.39, 0.29) is 19.1 Å². The number of anilines is 1. The molecule has 37 heavy (non-hydrogen) atoms. The number of aliphatic carboxylic acids is 1. The maximum absolute atomic E-state index is 13.2. The van der Waals surface area contributed by atoms with Crippen LogP contribution < -0.4 is 10.6 Å². The lowest BCUT2D eigenvalue weighted by Crippen LogP contribution is -2.51. The van der Waals surface area contributed by atoms with E-state index in [4.69, 9.17) is 14.5 Å². The maximum atomic E-state index is 13.2. The molecule has 0 spiro atoms. The number of pyridine rings is 1. The molecule has 10 heteroatoms. The highest BCUT2D eigenvalue weighted by molar-refractivity contribution is 5.90. The number of nitrogens with one attached hydrogen (secondary N) is 2. The van der Waals surface area contributed by atoms with E-state index in [1.807, 2.05) is 0 Å². The van der Waals surface area contributed by atoms with Crippen LogP contribution in [0.15, 0.2) is 24.5 Å². The van der Waals surface area contributed by atoms with Gasteiger partial charge in [0.2, 0.25) is 0 Å². The Morgan fingerprint density at radius 1 is 1.35 bits per heavy atom. The number of hydrogen-bond acceptors (Lipinski definition) is 7. The summed E-state index contributed by atoms with van der Waals surface area (Å²) in [4.78, 5) is 29.8. The molecule has 1 amide bonds. The summed E-state index contributed by atoms with van der Waals surface area (Å²) in [6, 6.07) is 3.31. The summed E-state index contributed by atoms with van der Waals surface area (Å²) in [5.74, 6) is 0.143. The third-order valence-electron chi connectivity index (χ3n) is 7.88. The van der Waals surface area contributed by atoms with E-state index >= 15 is 0 Å². The third kappa shape index (κ3) is 5.80. The summed E-state index contributed by atoms with van der Waals surface area (Å²) < 4.78 is 13.4. The van der Waals surface area contributed by atoms with Gasteiger partial charge in [0.25, 0.3) is 5.91 Å². The summed E-state index contributed by atoms with van der Waals surface area (Å²) in [7, 11) is 1.77. The molecule has 1 unspecified atom stereocenters. The van der Waals surface area contributed by atoms with Crippen molar-refractivity contribution in [2.75, 3.05) is 25.1 Å². The van der Waals surface area contributed by atoms with E-state index in [0.717, 1.165) is 63.0 Å². The number of ether oxygens (including phenoxy) is 2. The normalized spacial score (nSPS) is 25.5. The third-order valence-corrected chi connectivity index (χ3v) is 7.88. The predicted molar refractivity (Wildman–Crippen MR) is 136 cm³/mol. The SMILES string of the molecule is Cn1cc(C2(C(=O)N[C@@H](CCOC3CC(CCc4ccc5c(n4)NCCC5)C3)C(=O)O)CCCO2)cn1. The molecule has 1 saturated heterocycles. The van der Waals surface area contributed by atoms with Crippen molar-refractivity contribution in [3.8, 4) is 0 Å². The van der Waals surface area contributed by atoms with Gasteiger partial charge in [-0.05, 0) is 68.9 Å². The minimum absolute atomic E-state index is 0.146. The molecule has 0 bridgehead atoms. The van der Waals surface area contributed by atoms with Crippen LogP contribution in [0.2, 0.25) is 0 Å². The largest absolute Gasteiger partial charge is 0.480 e. The van der Waals surface area contributed by atoms with Crippen LogP contribution in [-0.4, -0.2) is 63.7 Å². The molecular weight excluding hydrogens is 474 g/mol. The molecule has 1 aliphatic carbocycles. The molecule has 2 atom stereocenters. The number of amides is 1. The number of carbonyl (C=O) groups excluding carboxylic acids is 1. The standard InChI is InChI=1S/C27H37N5O5/c1-32-17-20(16-29-32)27(10-3-12-37-27)26(35)31-23(25(33)34)9-13-36-22-14-18(15-22)5-7-21-8-6-19-4-2-11-28-24(19)30-21/h6,8,16-18,22-23H,2-5,7,9-15H2,1H3,(H,28,30)(H,31,35)(H,33,34)/t18?,22?,23-,27?/m0/s1. The molecular formula is C27H37N5O5. The van der Waals surface area contributed by atoms with Crippen LogP contribution in [-0.2, 0) is 44.6 Å². The van der Waals surface area contributed by atoms with Gasteiger partial charge in [0.05, 0.1) is 12.3 Å². The van der Waals surface area contributed by atoms with Gasteiger partial charge in [-0.1, -0.05) is 6.07 Å². The Bertz CT molecular complexity index is 1110. The van der Waals surface area contributed by atoms with Crippen LogP contribution in [0, 0.1) is 5.92 Å². The van der Waals surface area contributed by atoms with Crippen molar-refractivity contribution >= 4 is 17.7 Å². The fourth-order valence-electron chi connectivity index (χ4n) is 5.60. The van der Waals surface area contributed by atoms with E-state index in [1.54, 1.807) is 24.1 Å². The summed E-state index contributed by atoms with van der Waals surface area (Å²) in [5.41, 5.74) is 1.90. The van der Waals surface area contributed by atoms with Crippen LogP contribution in [0.4, 0.5) is 5.82 Å².